The molecule has 0 radical (unpaired) electrons. The lowest BCUT2D eigenvalue weighted by atomic mass is 10.2. The van der Waals surface area contributed by atoms with Crippen LogP contribution in [-0.4, -0.2) is 46.6 Å². The van der Waals surface area contributed by atoms with Crippen LogP contribution in [0.4, 0.5) is 11.5 Å². The molecule has 2 aromatic heterocycles. The smallest absolute Gasteiger partial charge is 0.304 e. The first kappa shape index (κ1) is 21.1. The van der Waals surface area contributed by atoms with Crippen LogP contribution in [0.5, 0.6) is 6.01 Å². The second kappa shape index (κ2) is 8.54. The van der Waals surface area contributed by atoms with Crippen LogP contribution in [0.1, 0.15) is 21.6 Å². The van der Waals surface area contributed by atoms with Crippen molar-refractivity contribution >= 4 is 28.4 Å². The fourth-order valence-corrected chi connectivity index (χ4v) is 3.70. The maximum absolute atomic E-state index is 11.9. The maximum Gasteiger partial charge on any atom is 0.304 e. The summed E-state index contributed by atoms with van der Waals surface area (Å²) in [6, 6.07) is 15.6. The van der Waals surface area contributed by atoms with Crippen molar-refractivity contribution in [1.82, 2.24) is 19.5 Å². The fraction of sp³-hybridized carbons (Fsp3) is 0.217. The van der Waals surface area contributed by atoms with Crippen molar-refractivity contribution in [3.8, 4) is 12.0 Å². The maximum atomic E-state index is 11.9. The van der Waals surface area contributed by atoms with Gasteiger partial charge in [-0.05, 0) is 24.6 Å². The lowest BCUT2D eigenvalue weighted by Gasteiger charge is -2.21. The summed E-state index contributed by atoms with van der Waals surface area (Å²) in [4.78, 5) is 27.9. The summed E-state index contributed by atoms with van der Waals surface area (Å²) >= 11 is 0. The van der Waals surface area contributed by atoms with Crippen molar-refractivity contribution in [2.24, 2.45) is 5.73 Å². The van der Waals surface area contributed by atoms with Gasteiger partial charge in [-0.1, -0.05) is 36.4 Å². The molecule has 0 atom stereocenters. The van der Waals surface area contributed by atoms with Gasteiger partial charge in [-0.2, -0.15) is 9.97 Å². The summed E-state index contributed by atoms with van der Waals surface area (Å²) in [7, 11) is 5.41. The highest BCUT2D eigenvalue weighted by Gasteiger charge is 2.22. The number of rotatable bonds is 7. The topological polar surface area (TPSA) is 111 Å². The number of carbonyl (C=O) groups excluding carboxylic acids is 1. The number of aryl methyl sites for hydroxylation is 1. The summed E-state index contributed by atoms with van der Waals surface area (Å²) in [5.41, 5.74) is 9.71. The minimum absolute atomic E-state index is 0.264. The van der Waals surface area contributed by atoms with E-state index in [2.05, 4.69) is 22.4 Å². The zero-order valence-corrected chi connectivity index (χ0v) is 18.5. The first-order valence-electron chi connectivity index (χ1n) is 10.1. The van der Waals surface area contributed by atoms with E-state index in [0.29, 0.717) is 34.9 Å². The third-order valence-electron chi connectivity index (χ3n) is 5.10. The molecule has 0 aliphatic carbocycles. The van der Waals surface area contributed by atoms with E-state index in [-0.39, 0.29) is 6.01 Å². The molecule has 4 aromatic rings. The van der Waals surface area contributed by atoms with Gasteiger partial charge in [0.25, 0.3) is 5.91 Å². The number of aromatic nitrogens is 4. The highest BCUT2D eigenvalue weighted by Crippen LogP contribution is 2.31. The van der Waals surface area contributed by atoms with Crippen LogP contribution < -0.4 is 20.7 Å². The Labute approximate surface area is 185 Å². The standard InChI is InChI=1S/C23H25N7O2/c1-14-19(29(2)3)21(25-13-15-9-6-5-7-10-15)28-22(26-14)30-17-12-8-11-16(20(24)31)18(17)27-23(30)32-4/h5-12H,13H2,1-4H3,(H2,24,31)(H,25,26,28). The number of anilines is 2. The van der Waals surface area contributed by atoms with Gasteiger partial charge in [-0.15, -0.1) is 0 Å². The highest BCUT2D eigenvalue weighted by atomic mass is 16.5. The molecule has 0 saturated heterocycles. The molecule has 32 heavy (non-hydrogen) atoms. The second-order valence-corrected chi connectivity index (χ2v) is 7.51. The number of nitrogens with one attached hydrogen (secondary N) is 1. The van der Waals surface area contributed by atoms with Crippen molar-refractivity contribution in [3.63, 3.8) is 0 Å². The molecule has 0 aliphatic rings. The molecule has 4 rings (SSSR count). The van der Waals surface area contributed by atoms with Crippen LogP contribution in [0.15, 0.2) is 48.5 Å². The minimum Gasteiger partial charge on any atom is -0.468 e. The molecule has 0 bridgehead atoms. The number of methoxy groups -OCH3 is 1. The van der Waals surface area contributed by atoms with Crippen molar-refractivity contribution in [2.75, 3.05) is 31.4 Å². The Balaban J connectivity index is 1.87. The molecule has 0 fully saturated rings. The van der Waals surface area contributed by atoms with Crippen molar-refractivity contribution in [1.29, 1.82) is 0 Å². The Morgan fingerprint density at radius 2 is 1.84 bits per heavy atom. The van der Waals surface area contributed by atoms with Gasteiger partial charge < -0.3 is 20.7 Å². The zero-order valence-electron chi connectivity index (χ0n) is 18.5. The summed E-state index contributed by atoms with van der Waals surface area (Å²) in [5, 5.41) is 3.43. The van der Waals surface area contributed by atoms with E-state index in [0.717, 1.165) is 16.9 Å². The number of amides is 1. The lowest BCUT2D eigenvalue weighted by Crippen LogP contribution is -2.18. The summed E-state index contributed by atoms with van der Waals surface area (Å²) in [6.45, 7) is 2.53. The van der Waals surface area contributed by atoms with Crippen molar-refractivity contribution in [3.05, 3.63) is 65.4 Å². The molecule has 3 N–H and O–H groups in total. The summed E-state index contributed by atoms with van der Waals surface area (Å²) in [5.74, 6) is 0.495. The first-order chi connectivity index (χ1) is 15.4. The average Bonchev–Trinajstić information content (AvgIpc) is 3.16. The van der Waals surface area contributed by atoms with E-state index >= 15 is 0 Å². The quantitative estimate of drug-likeness (QED) is 0.463. The van der Waals surface area contributed by atoms with Crippen LogP contribution in [0.3, 0.4) is 0 Å². The lowest BCUT2D eigenvalue weighted by molar-refractivity contribution is 0.100. The highest BCUT2D eigenvalue weighted by molar-refractivity contribution is 6.04. The molecule has 2 heterocycles. The Morgan fingerprint density at radius 1 is 1.09 bits per heavy atom. The number of hydrogen-bond donors (Lipinski definition) is 2. The number of imidazole rings is 1. The number of para-hydroxylation sites is 1. The number of nitrogens with zero attached hydrogens (tertiary/aromatic N) is 5. The molecule has 0 saturated carbocycles. The predicted octanol–water partition coefficient (Wildman–Crippen LogP) is 2.91. The molecule has 9 nitrogen and oxygen atoms in total. The van der Waals surface area contributed by atoms with Gasteiger partial charge in [0.1, 0.15) is 11.2 Å². The number of primary amides is 1. The van der Waals surface area contributed by atoms with Crippen molar-refractivity contribution in [2.45, 2.75) is 13.5 Å². The van der Waals surface area contributed by atoms with Gasteiger partial charge in [0, 0.05) is 20.6 Å². The van der Waals surface area contributed by atoms with Crippen molar-refractivity contribution < 1.29 is 9.53 Å². The number of nitrogens with two attached hydrogens (primary N) is 1. The van der Waals surface area contributed by atoms with Crippen LogP contribution in [0, 0.1) is 6.92 Å². The van der Waals surface area contributed by atoms with Gasteiger partial charge in [0.15, 0.2) is 5.82 Å². The number of ether oxygens (including phenoxy) is 1. The van der Waals surface area contributed by atoms with E-state index in [1.807, 2.05) is 50.2 Å². The minimum atomic E-state index is -0.562. The molecule has 9 heteroatoms. The van der Waals surface area contributed by atoms with E-state index in [4.69, 9.17) is 20.4 Å². The predicted molar refractivity (Wildman–Crippen MR) is 125 cm³/mol. The number of fused-ring (bicyclic) bond motifs is 1. The first-order valence-corrected chi connectivity index (χ1v) is 10.1. The molecule has 164 valence electrons. The summed E-state index contributed by atoms with van der Waals surface area (Å²) in [6.07, 6.45) is 0. The molecule has 2 aromatic carbocycles. The van der Waals surface area contributed by atoms with Gasteiger partial charge in [-0.25, -0.2) is 9.55 Å². The van der Waals surface area contributed by atoms with Crippen LogP contribution >= 0.6 is 0 Å². The van der Waals surface area contributed by atoms with E-state index in [1.165, 1.54) is 7.11 Å². The molecule has 0 spiro atoms. The Hall–Kier alpha value is -4.14. The Bertz CT molecular complexity index is 1280. The molecule has 0 aliphatic heterocycles. The second-order valence-electron chi connectivity index (χ2n) is 7.51. The average molecular weight is 432 g/mol. The van der Waals surface area contributed by atoms with Gasteiger partial charge in [0.2, 0.25) is 5.95 Å². The molecule has 0 unspecified atom stereocenters. The monoisotopic (exact) mass is 431 g/mol. The SMILES string of the molecule is COc1nc2c(C(N)=O)cccc2n1-c1nc(C)c(N(C)C)c(NCc2ccccc2)n1. The zero-order chi connectivity index (χ0) is 22.8. The van der Waals surface area contributed by atoms with Gasteiger partial charge in [-0.3, -0.25) is 4.79 Å². The van der Waals surface area contributed by atoms with Crippen LogP contribution in [-0.2, 0) is 6.54 Å². The largest absolute Gasteiger partial charge is 0.468 e. The molecule has 1 amide bonds. The fourth-order valence-electron chi connectivity index (χ4n) is 3.70. The third kappa shape index (κ3) is 3.80. The van der Waals surface area contributed by atoms with Gasteiger partial charge in [0.05, 0.1) is 23.9 Å². The normalized spacial score (nSPS) is 10.9. The van der Waals surface area contributed by atoms with Crippen LogP contribution in [0.25, 0.3) is 17.0 Å². The van der Waals surface area contributed by atoms with Gasteiger partial charge >= 0.3 is 6.01 Å². The number of hydrogen-bond acceptors (Lipinski definition) is 7. The summed E-state index contributed by atoms with van der Waals surface area (Å²) < 4.78 is 7.18. The Kier molecular flexibility index (Phi) is 5.63. The van der Waals surface area contributed by atoms with Crippen LogP contribution in [0.2, 0.25) is 0 Å². The number of carbonyl (C=O) groups is 1. The van der Waals surface area contributed by atoms with E-state index in [1.54, 1.807) is 16.7 Å². The van der Waals surface area contributed by atoms with E-state index in [9.17, 15) is 4.79 Å². The van der Waals surface area contributed by atoms with E-state index < -0.39 is 5.91 Å². The molecular weight excluding hydrogens is 406 g/mol. The number of benzene rings is 2. The third-order valence-corrected chi connectivity index (χ3v) is 5.10. The Morgan fingerprint density at radius 3 is 2.50 bits per heavy atom. The molecular formula is C23H25N7O2.